The van der Waals surface area contributed by atoms with Gasteiger partial charge in [0.05, 0.1) is 32.6 Å². The Balaban J connectivity index is 0.000000192. The van der Waals surface area contributed by atoms with Crippen molar-refractivity contribution in [2.24, 2.45) is 0 Å². The van der Waals surface area contributed by atoms with Crippen LogP contribution in [-0.2, 0) is 9.59 Å². The highest BCUT2D eigenvalue weighted by Gasteiger charge is 2.27. The maximum absolute atomic E-state index is 13.6. The Morgan fingerprint density at radius 2 is 1.05 bits per heavy atom. The number of nitrogens with two attached hydrogens (primary N) is 1. The Hall–Kier alpha value is -7.76. The minimum Gasteiger partial charge on any atom is -0.398 e. The van der Waals surface area contributed by atoms with Gasteiger partial charge in [0.2, 0.25) is 11.8 Å². The molecule has 0 saturated carbocycles. The van der Waals surface area contributed by atoms with Crippen molar-refractivity contribution in [2.75, 3.05) is 67.9 Å². The van der Waals surface area contributed by atoms with Gasteiger partial charge in [-0.05, 0) is 88.6 Å². The normalized spacial score (nSPS) is 14.0. The highest BCUT2D eigenvalue weighted by Crippen LogP contribution is 2.31. The van der Waals surface area contributed by atoms with Gasteiger partial charge in [-0.3, -0.25) is 38.4 Å². The summed E-state index contributed by atoms with van der Waals surface area (Å²) in [6.45, 7) is 22.7. The molecule has 2 amide bonds. The molecule has 0 radical (unpaired) electrons. The van der Waals surface area contributed by atoms with Gasteiger partial charge in [-0.1, -0.05) is 25.3 Å². The van der Waals surface area contributed by atoms with Crippen molar-refractivity contribution in [3.8, 4) is 11.4 Å². The lowest BCUT2D eigenvalue weighted by molar-refractivity contribution is -0.385. The van der Waals surface area contributed by atoms with Crippen LogP contribution in [0.4, 0.5) is 23.0 Å². The topological polar surface area (TPSA) is 212 Å². The van der Waals surface area contributed by atoms with Crippen LogP contribution in [0.5, 0.6) is 0 Å². The van der Waals surface area contributed by atoms with Crippen molar-refractivity contribution < 1.29 is 14.5 Å². The summed E-state index contributed by atoms with van der Waals surface area (Å²) in [6.07, 6.45) is 5.42. The number of amides is 2. The molecule has 18 heteroatoms. The predicted molar refractivity (Wildman–Crippen MR) is 248 cm³/mol. The maximum Gasteiger partial charge on any atom is 0.282 e. The smallest absolute Gasteiger partial charge is 0.282 e. The summed E-state index contributed by atoms with van der Waals surface area (Å²) in [4.78, 5) is 87.0. The number of aromatic nitrogens is 6. The van der Waals surface area contributed by atoms with Gasteiger partial charge in [0.15, 0.2) is 0 Å². The van der Waals surface area contributed by atoms with Gasteiger partial charge in [0.25, 0.3) is 16.8 Å². The average molecular weight is 867 g/mol. The van der Waals surface area contributed by atoms with E-state index in [4.69, 9.17) is 5.73 Å². The molecule has 0 unspecified atom stereocenters. The lowest BCUT2D eigenvalue weighted by atomic mass is 10.1. The van der Waals surface area contributed by atoms with Crippen molar-refractivity contribution in [3.63, 3.8) is 0 Å². The number of nitro benzene ring substituents is 1. The summed E-state index contributed by atoms with van der Waals surface area (Å²) >= 11 is 0. The number of aryl methyl sites for hydroxylation is 4. The molecule has 4 aromatic heterocycles. The van der Waals surface area contributed by atoms with Gasteiger partial charge in [-0.2, -0.15) is 0 Å². The quantitative estimate of drug-likeness (QED) is 0.101. The zero-order valence-corrected chi connectivity index (χ0v) is 36.8. The highest BCUT2D eigenvalue weighted by molar-refractivity contribution is 5.92. The fourth-order valence-corrected chi connectivity index (χ4v) is 8.62. The fourth-order valence-electron chi connectivity index (χ4n) is 8.62. The Labute approximate surface area is 368 Å². The number of pyridine rings is 2. The second kappa shape index (κ2) is 17.9. The van der Waals surface area contributed by atoms with E-state index in [1.807, 2.05) is 56.9 Å². The zero-order chi connectivity index (χ0) is 46.1. The van der Waals surface area contributed by atoms with Gasteiger partial charge in [-0.15, -0.1) is 0 Å². The SMILES string of the molecule is C=CC(=O)N1CCN(c2ncnc3c(=O)n(-c4c(C)ccc(N)c4C)c(C)cc23)CC1.C=CC(=O)N1CCN(c2ncnc3c(=O)n(-c4c(C)ccc([N+](=O)[O-])c4C)c(C)cc23)CC1. The third-order valence-electron chi connectivity index (χ3n) is 12.0. The summed E-state index contributed by atoms with van der Waals surface area (Å²) in [5.41, 5.74) is 12.4. The lowest BCUT2D eigenvalue weighted by Gasteiger charge is -2.35. The number of benzene rings is 2. The zero-order valence-electron chi connectivity index (χ0n) is 36.8. The predicted octanol–water partition coefficient (Wildman–Crippen LogP) is 4.57. The minimum absolute atomic E-state index is 0.0442. The first-order valence-electron chi connectivity index (χ1n) is 20.8. The van der Waals surface area contributed by atoms with E-state index in [0.717, 1.165) is 28.1 Å². The number of nitro groups is 1. The van der Waals surface area contributed by atoms with Crippen LogP contribution < -0.4 is 26.7 Å². The van der Waals surface area contributed by atoms with E-state index in [2.05, 4.69) is 38.0 Å². The molecule has 6 aromatic rings. The van der Waals surface area contributed by atoms with Gasteiger partial charge < -0.3 is 25.3 Å². The number of fused-ring (bicyclic) bond motifs is 2. The number of carbonyl (C=O) groups is 2. The first-order chi connectivity index (χ1) is 30.6. The molecule has 0 spiro atoms. The van der Waals surface area contributed by atoms with E-state index >= 15 is 0 Å². The van der Waals surface area contributed by atoms with Crippen molar-refractivity contribution in [2.45, 2.75) is 41.5 Å². The Morgan fingerprint density at radius 1 is 0.641 bits per heavy atom. The molecule has 0 bridgehead atoms. The van der Waals surface area contributed by atoms with Crippen LogP contribution in [0.15, 0.2) is 84.0 Å². The number of nitrogens with zero attached hydrogens (tertiary/aromatic N) is 11. The van der Waals surface area contributed by atoms with E-state index < -0.39 is 4.92 Å². The Bertz CT molecular complexity index is 3020. The van der Waals surface area contributed by atoms with Crippen molar-refractivity contribution >= 4 is 56.6 Å². The summed E-state index contributed by atoms with van der Waals surface area (Å²) in [5.74, 6) is 1.16. The number of piperazine rings is 2. The molecule has 0 atom stereocenters. The summed E-state index contributed by atoms with van der Waals surface area (Å²) < 4.78 is 3.16. The van der Waals surface area contributed by atoms with E-state index in [1.54, 1.807) is 34.3 Å². The van der Waals surface area contributed by atoms with Gasteiger partial charge in [0, 0.05) is 75.5 Å². The molecule has 8 rings (SSSR count). The van der Waals surface area contributed by atoms with E-state index in [-0.39, 0.29) is 34.1 Å². The first-order valence-corrected chi connectivity index (χ1v) is 20.8. The molecule has 330 valence electrons. The van der Waals surface area contributed by atoms with Crippen molar-refractivity contribution in [1.29, 1.82) is 0 Å². The number of carbonyl (C=O) groups excluding carboxylic acids is 2. The summed E-state index contributed by atoms with van der Waals surface area (Å²) in [7, 11) is 0. The summed E-state index contributed by atoms with van der Waals surface area (Å²) in [5, 5.41) is 12.8. The van der Waals surface area contributed by atoms with Crippen molar-refractivity contribution in [3.05, 3.63) is 139 Å². The van der Waals surface area contributed by atoms with E-state index in [1.165, 1.54) is 35.4 Å². The second-order valence-electron chi connectivity index (χ2n) is 15.9. The van der Waals surface area contributed by atoms with Gasteiger partial charge in [0.1, 0.15) is 35.3 Å². The van der Waals surface area contributed by atoms with E-state index in [9.17, 15) is 29.3 Å². The largest absolute Gasteiger partial charge is 0.398 e. The van der Waals surface area contributed by atoms with Crippen LogP contribution in [0.25, 0.3) is 33.2 Å². The van der Waals surface area contributed by atoms with Crippen molar-refractivity contribution in [1.82, 2.24) is 38.9 Å². The Morgan fingerprint density at radius 3 is 1.45 bits per heavy atom. The molecule has 2 aliphatic rings. The van der Waals surface area contributed by atoms with Crippen LogP contribution in [0.3, 0.4) is 0 Å². The average Bonchev–Trinajstić information content (AvgIpc) is 3.29. The molecule has 2 fully saturated rings. The van der Waals surface area contributed by atoms with Crippen LogP contribution in [0.2, 0.25) is 0 Å². The van der Waals surface area contributed by atoms with Crippen LogP contribution in [0, 0.1) is 51.7 Å². The maximum atomic E-state index is 13.6. The van der Waals surface area contributed by atoms with Crippen LogP contribution in [0.1, 0.15) is 33.6 Å². The minimum atomic E-state index is -0.448. The first kappa shape index (κ1) is 44.3. The third kappa shape index (κ3) is 8.05. The Kier molecular flexibility index (Phi) is 12.4. The highest BCUT2D eigenvalue weighted by atomic mass is 16.6. The summed E-state index contributed by atoms with van der Waals surface area (Å²) in [6, 6.07) is 10.7. The molecule has 2 aromatic carbocycles. The molecule has 18 nitrogen and oxygen atoms in total. The number of hydrogen-bond acceptors (Lipinski definition) is 13. The van der Waals surface area contributed by atoms with Crippen LogP contribution >= 0.6 is 0 Å². The molecule has 6 heterocycles. The molecule has 0 aliphatic carbocycles. The number of nitrogen functional groups attached to an aromatic ring is 1. The molecular formula is C46H50N12O6. The van der Waals surface area contributed by atoms with Crippen LogP contribution in [-0.4, -0.2) is 108 Å². The molecular weight excluding hydrogens is 817 g/mol. The van der Waals surface area contributed by atoms with Gasteiger partial charge in [-0.25, -0.2) is 19.9 Å². The molecule has 2 aliphatic heterocycles. The monoisotopic (exact) mass is 866 g/mol. The second-order valence-corrected chi connectivity index (χ2v) is 15.9. The molecule has 2 saturated heterocycles. The lowest BCUT2D eigenvalue weighted by Crippen LogP contribution is -2.48. The number of rotatable bonds is 7. The number of anilines is 3. The molecule has 64 heavy (non-hydrogen) atoms. The van der Waals surface area contributed by atoms with E-state index in [0.29, 0.717) is 103 Å². The molecule has 2 N–H and O–H groups in total. The fraction of sp³-hybridized carbons (Fsp3) is 0.304. The standard InChI is InChI=1S/C23H24N6O4.C23H26N6O2/c1-5-19(30)26-8-10-27(11-9-26)22-17-12-15(3)28(23(31)20(17)24-13-25-22)21-14(2)6-7-18(16(21)4)29(32)33;1-5-19(30)27-8-10-28(11-9-27)22-17-12-15(3)29(23(31)20(17)25-13-26-22)21-14(2)6-7-18(24)16(21)4/h5-7,12-13H,1,8-11H2,2-4H3;5-7,12-13H,1,8-11,24H2,2-4H3. The third-order valence-corrected chi connectivity index (χ3v) is 12.0. The number of hydrogen-bond donors (Lipinski definition) is 1. The van der Waals surface area contributed by atoms with Gasteiger partial charge >= 0.3 is 0 Å².